The molecule has 1 nitrogen and oxygen atoms in total. The molecule has 0 saturated heterocycles. The zero-order valence-electron chi connectivity index (χ0n) is 6.34. The van der Waals surface area contributed by atoms with Crippen molar-refractivity contribution in [2.45, 2.75) is 6.17 Å². The Labute approximate surface area is 91.1 Å². The zero-order chi connectivity index (χ0) is 8.27. The van der Waals surface area contributed by atoms with E-state index in [1.54, 1.807) is 12.1 Å². The maximum absolute atomic E-state index is 12.9. The molecule has 2 N–H and O–H groups in total. The smallest absolute Gasteiger partial charge is 0.137 e. The van der Waals surface area contributed by atoms with Gasteiger partial charge in [-0.05, 0) is 40.3 Å². The molecule has 1 aromatic carbocycles. The minimum Gasteiger partial charge on any atom is -0.327 e. The summed E-state index contributed by atoms with van der Waals surface area (Å²) >= 11 is 2.18. The van der Waals surface area contributed by atoms with Crippen molar-refractivity contribution in [3.05, 3.63) is 33.4 Å². The van der Waals surface area contributed by atoms with E-state index in [0.29, 0.717) is 5.56 Å². The van der Waals surface area contributed by atoms with Gasteiger partial charge in [-0.3, -0.25) is 0 Å². The number of alkyl halides is 1. The first kappa shape index (κ1) is 12.1. The average molecular weight is 302 g/mol. The molecule has 0 aromatic heterocycles. The molecular formula is C8H10ClFIN. The Balaban J connectivity index is 0.00000121. The van der Waals surface area contributed by atoms with Gasteiger partial charge in [-0.2, -0.15) is 0 Å². The number of rotatable bonds is 2. The summed E-state index contributed by atoms with van der Waals surface area (Å²) in [6.45, 7) is 0.0561. The van der Waals surface area contributed by atoms with Crippen LogP contribution in [-0.4, -0.2) is 6.54 Å². The second-order valence-corrected chi connectivity index (χ2v) is 3.50. The summed E-state index contributed by atoms with van der Waals surface area (Å²) in [6.07, 6.45) is -1.02. The summed E-state index contributed by atoms with van der Waals surface area (Å²) < 4.78 is 14.0. The van der Waals surface area contributed by atoms with Crippen LogP contribution in [0, 0.1) is 3.57 Å². The quantitative estimate of drug-likeness (QED) is 0.835. The Bertz CT molecular complexity index is 227. The van der Waals surface area contributed by atoms with E-state index in [1.165, 1.54) is 0 Å². The second kappa shape index (κ2) is 5.72. The molecule has 1 rings (SSSR count). The Morgan fingerprint density at radius 1 is 1.33 bits per heavy atom. The molecular weight excluding hydrogens is 291 g/mol. The summed E-state index contributed by atoms with van der Waals surface area (Å²) in [6, 6.07) is 7.27. The molecule has 0 radical (unpaired) electrons. The summed E-state index contributed by atoms with van der Waals surface area (Å²) in [5, 5.41) is 0. The van der Waals surface area contributed by atoms with Crippen molar-refractivity contribution in [3.8, 4) is 0 Å². The number of hydrogen-bond acceptors (Lipinski definition) is 1. The lowest BCUT2D eigenvalue weighted by Crippen LogP contribution is -2.07. The first-order chi connectivity index (χ1) is 5.24. The van der Waals surface area contributed by atoms with Crippen molar-refractivity contribution >= 4 is 35.0 Å². The van der Waals surface area contributed by atoms with Crippen molar-refractivity contribution < 1.29 is 4.39 Å². The van der Waals surface area contributed by atoms with Crippen molar-refractivity contribution in [1.29, 1.82) is 0 Å². The van der Waals surface area contributed by atoms with Crippen LogP contribution in [0.25, 0.3) is 0 Å². The highest BCUT2D eigenvalue weighted by atomic mass is 127. The highest BCUT2D eigenvalue weighted by molar-refractivity contribution is 14.1. The number of hydrogen-bond donors (Lipinski definition) is 1. The molecule has 4 heteroatoms. The van der Waals surface area contributed by atoms with E-state index in [0.717, 1.165) is 3.57 Å². The minimum absolute atomic E-state index is 0. The lowest BCUT2D eigenvalue weighted by Gasteiger charge is -2.03. The maximum atomic E-state index is 12.9. The Morgan fingerprint density at radius 2 is 1.83 bits per heavy atom. The summed E-state index contributed by atoms with van der Waals surface area (Å²) in [4.78, 5) is 0. The van der Waals surface area contributed by atoms with Crippen LogP contribution in [0.2, 0.25) is 0 Å². The summed E-state index contributed by atoms with van der Waals surface area (Å²) in [5.74, 6) is 0. The molecule has 0 saturated carbocycles. The van der Waals surface area contributed by atoms with Gasteiger partial charge in [0.1, 0.15) is 6.17 Å². The van der Waals surface area contributed by atoms with Crippen molar-refractivity contribution in [1.82, 2.24) is 0 Å². The van der Waals surface area contributed by atoms with E-state index in [2.05, 4.69) is 22.6 Å². The molecule has 1 unspecified atom stereocenters. The Hall–Kier alpha value is 0.130. The lowest BCUT2D eigenvalue weighted by molar-refractivity contribution is 0.353. The van der Waals surface area contributed by atoms with Gasteiger partial charge in [-0.15, -0.1) is 12.4 Å². The van der Waals surface area contributed by atoms with Crippen LogP contribution in [0.1, 0.15) is 11.7 Å². The molecule has 0 heterocycles. The molecule has 68 valence electrons. The number of nitrogens with two attached hydrogens (primary N) is 1. The largest absolute Gasteiger partial charge is 0.327 e. The zero-order valence-corrected chi connectivity index (χ0v) is 9.31. The molecule has 0 aliphatic heterocycles. The van der Waals surface area contributed by atoms with Crippen LogP contribution < -0.4 is 5.73 Å². The van der Waals surface area contributed by atoms with E-state index in [4.69, 9.17) is 5.73 Å². The summed E-state index contributed by atoms with van der Waals surface area (Å²) in [7, 11) is 0. The second-order valence-electron chi connectivity index (χ2n) is 2.25. The van der Waals surface area contributed by atoms with Gasteiger partial charge < -0.3 is 5.73 Å². The van der Waals surface area contributed by atoms with Crippen LogP contribution in [-0.2, 0) is 0 Å². The van der Waals surface area contributed by atoms with Crippen LogP contribution in [0.3, 0.4) is 0 Å². The summed E-state index contributed by atoms with van der Waals surface area (Å²) in [5.41, 5.74) is 5.83. The molecule has 0 aliphatic rings. The van der Waals surface area contributed by atoms with Gasteiger partial charge in [0.2, 0.25) is 0 Å². The predicted molar refractivity (Wildman–Crippen MR) is 59.3 cm³/mol. The van der Waals surface area contributed by atoms with E-state index >= 15 is 0 Å². The topological polar surface area (TPSA) is 26.0 Å². The third-order valence-electron chi connectivity index (χ3n) is 1.44. The van der Waals surface area contributed by atoms with Crippen LogP contribution in [0.5, 0.6) is 0 Å². The molecule has 0 fully saturated rings. The SMILES string of the molecule is Cl.NCC(F)c1ccc(I)cc1. The fourth-order valence-electron chi connectivity index (χ4n) is 0.808. The molecule has 0 bridgehead atoms. The Kier molecular flexibility index (Phi) is 5.78. The highest BCUT2D eigenvalue weighted by Gasteiger charge is 2.05. The monoisotopic (exact) mass is 301 g/mol. The Morgan fingerprint density at radius 3 is 2.25 bits per heavy atom. The fraction of sp³-hybridized carbons (Fsp3) is 0.250. The number of benzene rings is 1. The van der Waals surface area contributed by atoms with Gasteiger partial charge in [-0.25, -0.2) is 4.39 Å². The van der Waals surface area contributed by atoms with E-state index in [-0.39, 0.29) is 19.0 Å². The van der Waals surface area contributed by atoms with Crippen LogP contribution in [0.15, 0.2) is 24.3 Å². The van der Waals surface area contributed by atoms with E-state index in [9.17, 15) is 4.39 Å². The van der Waals surface area contributed by atoms with Gasteiger partial charge in [-0.1, -0.05) is 12.1 Å². The number of halogens is 3. The standard InChI is InChI=1S/C8H9FIN.ClH/c9-8(5-11)6-1-3-7(10)4-2-6;/h1-4,8H,5,11H2;1H. The van der Waals surface area contributed by atoms with Gasteiger partial charge in [0, 0.05) is 10.1 Å². The average Bonchev–Trinajstić information content (AvgIpc) is 2.05. The van der Waals surface area contributed by atoms with E-state index < -0.39 is 6.17 Å². The van der Waals surface area contributed by atoms with Crippen LogP contribution in [0.4, 0.5) is 4.39 Å². The maximum Gasteiger partial charge on any atom is 0.137 e. The van der Waals surface area contributed by atoms with Gasteiger partial charge >= 0.3 is 0 Å². The van der Waals surface area contributed by atoms with Crippen molar-refractivity contribution in [3.63, 3.8) is 0 Å². The molecule has 1 atom stereocenters. The highest BCUT2D eigenvalue weighted by Crippen LogP contribution is 2.16. The molecule has 1 aromatic rings. The van der Waals surface area contributed by atoms with Crippen molar-refractivity contribution in [2.75, 3.05) is 6.54 Å². The van der Waals surface area contributed by atoms with Crippen LogP contribution >= 0.6 is 35.0 Å². The van der Waals surface area contributed by atoms with E-state index in [1.807, 2.05) is 12.1 Å². The first-order valence-electron chi connectivity index (χ1n) is 3.33. The molecule has 0 spiro atoms. The van der Waals surface area contributed by atoms with Crippen molar-refractivity contribution in [2.24, 2.45) is 5.73 Å². The molecule has 0 aliphatic carbocycles. The lowest BCUT2D eigenvalue weighted by atomic mass is 10.1. The normalized spacial score (nSPS) is 11.9. The fourth-order valence-corrected chi connectivity index (χ4v) is 1.17. The third-order valence-corrected chi connectivity index (χ3v) is 2.16. The molecule has 0 amide bonds. The van der Waals surface area contributed by atoms with Gasteiger partial charge in [0.15, 0.2) is 0 Å². The van der Waals surface area contributed by atoms with Gasteiger partial charge in [0.05, 0.1) is 0 Å². The minimum atomic E-state index is -1.02. The first-order valence-corrected chi connectivity index (χ1v) is 4.41. The van der Waals surface area contributed by atoms with Gasteiger partial charge in [0.25, 0.3) is 0 Å². The third kappa shape index (κ3) is 3.25. The predicted octanol–water partition coefficient (Wildman–Crippen LogP) is 2.68. The molecule has 12 heavy (non-hydrogen) atoms.